The van der Waals surface area contributed by atoms with Crippen LogP contribution in [0.3, 0.4) is 0 Å². The highest BCUT2D eigenvalue weighted by molar-refractivity contribution is 6.59. The topological polar surface area (TPSA) is 121 Å². The van der Waals surface area contributed by atoms with E-state index in [9.17, 15) is 30.1 Å². The number of hydrogen-bond donors (Lipinski definition) is 6. The highest BCUT2D eigenvalue weighted by Gasteiger charge is 2.10. The maximum absolute atomic E-state index is 9.27. The summed E-state index contributed by atoms with van der Waals surface area (Å²) in [5, 5.41) is 55.6. The van der Waals surface area contributed by atoms with Gasteiger partial charge in [-0.1, -0.05) is 71.9 Å². The lowest BCUT2D eigenvalue weighted by Gasteiger charge is -2.00. The summed E-state index contributed by atoms with van der Waals surface area (Å²) in [4.78, 5) is 0. The van der Waals surface area contributed by atoms with Gasteiger partial charge in [-0.2, -0.15) is 0 Å². The average Bonchev–Trinajstić information content (AvgIpc) is 2.94. The Morgan fingerprint density at radius 2 is 0.513 bits per heavy atom. The molecule has 4 aromatic carbocycles. The molecule has 6 N–H and O–H groups in total. The molecule has 0 atom stereocenters. The van der Waals surface area contributed by atoms with Crippen LogP contribution in [0.15, 0.2) is 91.0 Å². The first-order valence-corrected chi connectivity index (χ1v) is 11.9. The summed E-state index contributed by atoms with van der Waals surface area (Å²) in [5.74, 6) is 18.5. The van der Waals surface area contributed by atoms with E-state index in [-0.39, 0.29) is 0 Å². The zero-order valence-corrected chi connectivity index (χ0v) is 20.6. The molecular formula is C30H21B3O6. The van der Waals surface area contributed by atoms with Gasteiger partial charge < -0.3 is 30.1 Å². The van der Waals surface area contributed by atoms with Crippen LogP contribution in [-0.4, -0.2) is 51.5 Å². The van der Waals surface area contributed by atoms with Gasteiger partial charge in [0.15, 0.2) is 0 Å². The van der Waals surface area contributed by atoms with Crippen molar-refractivity contribution in [1.29, 1.82) is 0 Å². The van der Waals surface area contributed by atoms with E-state index in [1.54, 1.807) is 72.8 Å². The lowest BCUT2D eigenvalue weighted by molar-refractivity contribution is 0.424. The van der Waals surface area contributed by atoms with E-state index in [0.29, 0.717) is 49.8 Å². The second-order valence-corrected chi connectivity index (χ2v) is 8.54. The van der Waals surface area contributed by atoms with Crippen molar-refractivity contribution in [3.05, 3.63) is 124 Å². The summed E-state index contributed by atoms with van der Waals surface area (Å²) in [6, 6.07) is 25.3. The van der Waals surface area contributed by atoms with Crippen molar-refractivity contribution in [1.82, 2.24) is 0 Å². The molecule has 186 valence electrons. The molecule has 39 heavy (non-hydrogen) atoms. The molecule has 6 nitrogen and oxygen atoms in total. The Morgan fingerprint density at radius 3 is 0.718 bits per heavy atom. The van der Waals surface area contributed by atoms with Gasteiger partial charge in [0, 0.05) is 33.4 Å². The van der Waals surface area contributed by atoms with E-state index >= 15 is 0 Å². The van der Waals surface area contributed by atoms with Gasteiger partial charge >= 0.3 is 21.4 Å². The third kappa shape index (κ3) is 8.00. The van der Waals surface area contributed by atoms with Crippen LogP contribution < -0.4 is 16.4 Å². The fraction of sp³-hybridized carbons (Fsp3) is 0. The van der Waals surface area contributed by atoms with Crippen LogP contribution in [0.25, 0.3) is 0 Å². The van der Waals surface area contributed by atoms with Gasteiger partial charge in [0.2, 0.25) is 0 Å². The normalized spacial score (nSPS) is 9.69. The van der Waals surface area contributed by atoms with Gasteiger partial charge in [0.05, 0.1) is 0 Å². The van der Waals surface area contributed by atoms with Crippen LogP contribution in [0.4, 0.5) is 0 Å². The minimum atomic E-state index is -1.54. The highest BCUT2D eigenvalue weighted by Crippen LogP contribution is 2.10. The summed E-state index contributed by atoms with van der Waals surface area (Å²) < 4.78 is 0. The zero-order valence-electron chi connectivity index (χ0n) is 20.6. The molecule has 0 saturated carbocycles. The number of rotatable bonds is 3. The van der Waals surface area contributed by atoms with E-state index in [1.165, 1.54) is 0 Å². The van der Waals surface area contributed by atoms with Gasteiger partial charge in [-0.05, 0) is 71.0 Å². The van der Waals surface area contributed by atoms with Crippen LogP contribution in [0.5, 0.6) is 0 Å². The second-order valence-electron chi connectivity index (χ2n) is 8.54. The SMILES string of the molecule is OB(O)c1ccc(C#Cc2cc(C#Cc3ccc(B(O)O)cc3)cc(C#Cc3ccc(B(O)O)cc3)c2)cc1. The van der Waals surface area contributed by atoms with Crippen LogP contribution in [-0.2, 0) is 0 Å². The maximum Gasteiger partial charge on any atom is 0.488 e. The van der Waals surface area contributed by atoms with Crippen LogP contribution in [0, 0.1) is 35.5 Å². The molecule has 0 spiro atoms. The molecule has 0 heterocycles. The molecule has 0 fully saturated rings. The van der Waals surface area contributed by atoms with E-state index in [1.807, 2.05) is 18.2 Å². The zero-order chi connectivity index (χ0) is 27.8. The van der Waals surface area contributed by atoms with Gasteiger partial charge in [0.25, 0.3) is 0 Å². The second kappa shape index (κ2) is 12.8. The van der Waals surface area contributed by atoms with E-state index in [4.69, 9.17) is 0 Å². The Hall–Kier alpha value is -4.49. The van der Waals surface area contributed by atoms with Crippen LogP contribution in [0.1, 0.15) is 33.4 Å². The lowest BCUT2D eigenvalue weighted by atomic mass is 9.80. The van der Waals surface area contributed by atoms with E-state index in [2.05, 4.69) is 35.5 Å². The predicted molar refractivity (Wildman–Crippen MR) is 153 cm³/mol. The summed E-state index contributed by atoms with van der Waals surface area (Å²) in [7, 11) is -4.63. The largest absolute Gasteiger partial charge is 0.488 e. The van der Waals surface area contributed by atoms with Crippen molar-refractivity contribution < 1.29 is 30.1 Å². The first kappa shape index (κ1) is 27.5. The van der Waals surface area contributed by atoms with Crippen molar-refractivity contribution in [2.24, 2.45) is 0 Å². The number of benzene rings is 4. The Labute approximate surface area is 227 Å². The molecule has 4 aromatic rings. The average molecular weight is 510 g/mol. The quantitative estimate of drug-likeness (QED) is 0.154. The third-order valence-corrected chi connectivity index (χ3v) is 5.61. The Kier molecular flexibility index (Phi) is 9.07. The van der Waals surface area contributed by atoms with Crippen LogP contribution in [0.2, 0.25) is 0 Å². The van der Waals surface area contributed by atoms with Crippen molar-refractivity contribution in [2.45, 2.75) is 0 Å². The van der Waals surface area contributed by atoms with Gasteiger partial charge in [-0.25, -0.2) is 0 Å². The molecule has 0 radical (unpaired) electrons. The summed E-state index contributed by atoms with van der Waals surface area (Å²) in [6.07, 6.45) is 0. The fourth-order valence-electron chi connectivity index (χ4n) is 3.49. The number of hydrogen-bond acceptors (Lipinski definition) is 6. The molecule has 4 rings (SSSR count). The molecule has 0 bridgehead atoms. The van der Waals surface area contributed by atoms with Gasteiger partial charge in [0.1, 0.15) is 0 Å². The molecule has 9 heteroatoms. The third-order valence-electron chi connectivity index (χ3n) is 5.61. The lowest BCUT2D eigenvalue weighted by Crippen LogP contribution is -2.29. The molecular weight excluding hydrogens is 489 g/mol. The van der Waals surface area contributed by atoms with Crippen molar-refractivity contribution >= 4 is 37.7 Å². The predicted octanol–water partition coefficient (Wildman–Crippen LogP) is -1.07. The molecule has 0 aliphatic rings. The van der Waals surface area contributed by atoms with E-state index in [0.717, 1.165) is 0 Å². The van der Waals surface area contributed by atoms with Crippen molar-refractivity contribution in [3.63, 3.8) is 0 Å². The molecule has 0 aliphatic carbocycles. The summed E-state index contributed by atoms with van der Waals surface area (Å²) >= 11 is 0. The van der Waals surface area contributed by atoms with Crippen molar-refractivity contribution in [2.75, 3.05) is 0 Å². The Morgan fingerprint density at radius 1 is 0.308 bits per heavy atom. The van der Waals surface area contributed by atoms with Crippen molar-refractivity contribution in [3.8, 4) is 35.5 Å². The Bertz CT molecular complexity index is 1420. The van der Waals surface area contributed by atoms with Crippen LogP contribution >= 0.6 is 0 Å². The highest BCUT2D eigenvalue weighted by atomic mass is 16.4. The standard InChI is InChI=1S/C30H21B3O6/c34-31(35)28-13-7-22(8-14-28)1-4-25-19-26(5-2-23-9-15-29(16-10-23)32(36)37)21-27(20-25)6-3-24-11-17-30(18-12-24)33(38)39/h7-21,34-39H. The molecule has 0 aliphatic heterocycles. The maximum atomic E-state index is 9.27. The minimum Gasteiger partial charge on any atom is -0.423 e. The minimum absolute atomic E-state index is 0.374. The first-order valence-electron chi connectivity index (χ1n) is 11.9. The Balaban J connectivity index is 1.67. The van der Waals surface area contributed by atoms with Gasteiger partial charge in [-0.15, -0.1) is 0 Å². The summed E-state index contributed by atoms with van der Waals surface area (Å²) in [5.41, 5.74) is 5.23. The monoisotopic (exact) mass is 510 g/mol. The smallest absolute Gasteiger partial charge is 0.423 e. The molecule has 0 amide bonds. The summed E-state index contributed by atoms with van der Waals surface area (Å²) in [6.45, 7) is 0. The molecule has 0 aromatic heterocycles. The first-order chi connectivity index (χ1) is 18.8. The van der Waals surface area contributed by atoms with Gasteiger partial charge in [-0.3, -0.25) is 0 Å². The molecule has 0 saturated heterocycles. The fourth-order valence-corrected chi connectivity index (χ4v) is 3.49. The van der Waals surface area contributed by atoms with E-state index < -0.39 is 21.4 Å². The molecule has 0 unspecified atom stereocenters.